The standard InChI is InChI=1S/C18H18BrN3O2S/c1-2-11-20-16(23)12-7-9-13(10-8-12)21-18(25)22-17(24)14-5-3-4-6-15(14)19/h3-10H,2,11H2,1H3,(H,20,23)(H2,21,22,24,25). The Hall–Kier alpha value is -2.25. The summed E-state index contributed by atoms with van der Waals surface area (Å²) in [6.45, 7) is 2.64. The van der Waals surface area contributed by atoms with E-state index in [1.807, 2.05) is 13.0 Å². The second-order valence-electron chi connectivity index (χ2n) is 5.22. The summed E-state index contributed by atoms with van der Waals surface area (Å²) in [4.78, 5) is 24.0. The van der Waals surface area contributed by atoms with Gasteiger partial charge in [0.1, 0.15) is 0 Å². The minimum absolute atomic E-state index is 0.113. The second kappa shape index (κ2) is 9.29. The largest absolute Gasteiger partial charge is 0.352 e. The first-order chi connectivity index (χ1) is 12.0. The Morgan fingerprint density at radius 2 is 1.72 bits per heavy atom. The molecule has 2 aromatic carbocycles. The van der Waals surface area contributed by atoms with Crippen molar-refractivity contribution in [1.29, 1.82) is 0 Å². The molecule has 3 N–H and O–H groups in total. The van der Waals surface area contributed by atoms with Crippen molar-refractivity contribution in [2.45, 2.75) is 13.3 Å². The number of halogens is 1. The minimum atomic E-state index is -0.305. The summed E-state index contributed by atoms with van der Waals surface area (Å²) < 4.78 is 0.692. The Labute approximate surface area is 160 Å². The molecule has 0 spiro atoms. The average molecular weight is 420 g/mol. The van der Waals surface area contributed by atoms with E-state index in [1.165, 1.54) is 0 Å². The SMILES string of the molecule is CCCNC(=O)c1ccc(NC(=S)NC(=O)c2ccccc2Br)cc1. The van der Waals surface area contributed by atoms with Crippen LogP contribution >= 0.6 is 28.1 Å². The van der Waals surface area contributed by atoms with Crippen molar-refractivity contribution >= 4 is 50.8 Å². The highest BCUT2D eigenvalue weighted by Gasteiger charge is 2.11. The fraction of sp³-hybridized carbons (Fsp3) is 0.167. The van der Waals surface area contributed by atoms with Crippen LogP contribution < -0.4 is 16.0 Å². The number of benzene rings is 2. The number of nitrogens with one attached hydrogen (secondary N) is 3. The highest BCUT2D eigenvalue weighted by atomic mass is 79.9. The number of hydrogen-bond acceptors (Lipinski definition) is 3. The predicted octanol–water partition coefficient (Wildman–Crippen LogP) is 3.72. The summed E-state index contributed by atoms with van der Waals surface area (Å²) in [6.07, 6.45) is 0.886. The molecule has 25 heavy (non-hydrogen) atoms. The van der Waals surface area contributed by atoms with Crippen LogP contribution in [0.5, 0.6) is 0 Å². The van der Waals surface area contributed by atoms with E-state index in [1.54, 1.807) is 42.5 Å². The first-order valence-electron chi connectivity index (χ1n) is 7.76. The second-order valence-corrected chi connectivity index (χ2v) is 6.48. The molecule has 0 saturated carbocycles. The monoisotopic (exact) mass is 419 g/mol. The van der Waals surface area contributed by atoms with Crippen LogP contribution in [0.2, 0.25) is 0 Å². The molecule has 2 amide bonds. The van der Waals surface area contributed by atoms with E-state index < -0.39 is 0 Å². The number of amides is 2. The lowest BCUT2D eigenvalue weighted by molar-refractivity contribution is 0.0951. The van der Waals surface area contributed by atoms with E-state index in [9.17, 15) is 9.59 Å². The molecule has 0 aliphatic carbocycles. The molecule has 0 radical (unpaired) electrons. The molecule has 0 fully saturated rings. The van der Waals surface area contributed by atoms with Crippen molar-refractivity contribution in [3.8, 4) is 0 Å². The van der Waals surface area contributed by atoms with E-state index in [-0.39, 0.29) is 16.9 Å². The minimum Gasteiger partial charge on any atom is -0.352 e. The molecular weight excluding hydrogens is 402 g/mol. The lowest BCUT2D eigenvalue weighted by Crippen LogP contribution is -2.34. The first-order valence-corrected chi connectivity index (χ1v) is 8.96. The molecule has 5 nitrogen and oxygen atoms in total. The van der Waals surface area contributed by atoms with Gasteiger partial charge in [0.05, 0.1) is 5.56 Å². The Morgan fingerprint density at radius 3 is 2.36 bits per heavy atom. The molecule has 2 rings (SSSR count). The van der Waals surface area contributed by atoms with Crippen LogP contribution in [0.4, 0.5) is 5.69 Å². The zero-order chi connectivity index (χ0) is 18.2. The van der Waals surface area contributed by atoms with E-state index in [0.29, 0.717) is 27.8 Å². The summed E-state index contributed by atoms with van der Waals surface area (Å²) in [5.41, 5.74) is 1.75. The number of hydrogen-bond donors (Lipinski definition) is 3. The van der Waals surface area contributed by atoms with E-state index in [4.69, 9.17) is 12.2 Å². The molecule has 0 bridgehead atoms. The van der Waals surface area contributed by atoms with Gasteiger partial charge in [-0.1, -0.05) is 19.1 Å². The van der Waals surface area contributed by atoms with Gasteiger partial charge in [-0.25, -0.2) is 0 Å². The van der Waals surface area contributed by atoms with Crippen LogP contribution in [0, 0.1) is 0 Å². The maximum atomic E-state index is 12.2. The van der Waals surface area contributed by atoms with E-state index in [2.05, 4.69) is 31.9 Å². The predicted molar refractivity (Wildman–Crippen MR) is 107 cm³/mol. The third-order valence-electron chi connectivity index (χ3n) is 3.29. The third kappa shape index (κ3) is 5.65. The van der Waals surface area contributed by atoms with Crippen molar-refractivity contribution in [3.05, 3.63) is 64.1 Å². The molecule has 130 valence electrons. The van der Waals surface area contributed by atoms with Gasteiger partial charge in [-0.2, -0.15) is 0 Å². The van der Waals surface area contributed by atoms with Gasteiger partial charge >= 0.3 is 0 Å². The van der Waals surface area contributed by atoms with Gasteiger partial charge in [0.25, 0.3) is 11.8 Å². The molecule has 0 atom stereocenters. The molecule has 0 aromatic heterocycles. The van der Waals surface area contributed by atoms with Gasteiger partial charge in [0, 0.05) is 22.3 Å². The Kier molecular flexibility index (Phi) is 7.09. The highest BCUT2D eigenvalue weighted by molar-refractivity contribution is 9.10. The zero-order valence-corrected chi connectivity index (χ0v) is 16.0. The van der Waals surface area contributed by atoms with Gasteiger partial charge in [-0.15, -0.1) is 0 Å². The fourth-order valence-corrected chi connectivity index (χ4v) is 2.70. The van der Waals surface area contributed by atoms with Gasteiger partial charge < -0.3 is 10.6 Å². The van der Waals surface area contributed by atoms with Crippen molar-refractivity contribution in [3.63, 3.8) is 0 Å². The molecular formula is C18H18BrN3O2S. The van der Waals surface area contributed by atoms with Crippen LogP contribution in [0.15, 0.2) is 53.0 Å². The Morgan fingerprint density at radius 1 is 1.04 bits per heavy atom. The molecule has 0 saturated heterocycles. The smallest absolute Gasteiger partial charge is 0.258 e. The van der Waals surface area contributed by atoms with Gasteiger partial charge in [0.15, 0.2) is 5.11 Å². The van der Waals surface area contributed by atoms with E-state index in [0.717, 1.165) is 6.42 Å². The van der Waals surface area contributed by atoms with Crippen LogP contribution in [0.1, 0.15) is 34.1 Å². The molecule has 7 heteroatoms. The normalized spacial score (nSPS) is 10.0. The first kappa shape index (κ1) is 19.1. The maximum Gasteiger partial charge on any atom is 0.258 e. The number of carbonyl (C=O) groups is 2. The maximum absolute atomic E-state index is 12.2. The molecule has 0 aliphatic heterocycles. The average Bonchev–Trinajstić information content (AvgIpc) is 2.60. The topological polar surface area (TPSA) is 70.2 Å². The van der Waals surface area contributed by atoms with Crippen molar-refractivity contribution < 1.29 is 9.59 Å². The highest BCUT2D eigenvalue weighted by Crippen LogP contribution is 2.15. The van der Waals surface area contributed by atoms with Crippen molar-refractivity contribution in [2.75, 3.05) is 11.9 Å². The lowest BCUT2D eigenvalue weighted by Gasteiger charge is -2.11. The Bertz CT molecular complexity index is 778. The number of rotatable bonds is 5. The number of carbonyl (C=O) groups excluding carboxylic acids is 2. The zero-order valence-electron chi connectivity index (χ0n) is 13.6. The molecule has 2 aromatic rings. The fourth-order valence-electron chi connectivity index (χ4n) is 2.02. The lowest BCUT2D eigenvalue weighted by atomic mass is 10.2. The van der Waals surface area contributed by atoms with Gasteiger partial charge in [-0.3, -0.25) is 14.9 Å². The van der Waals surface area contributed by atoms with Crippen LogP contribution in [0.3, 0.4) is 0 Å². The molecule has 0 unspecified atom stereocenters. The quantitative estimate of drug-likeness (QED) is 0.645. The number of thiocarbonyl (C=S) groups is 1. The van der Waals surface area contributed by atoms with Crippen molar-refractivity contribution in [1.82, 2.24) is 10.6 Å². The van der Waals surface area contributed by atoms with Crippen LogP contribution in [-0.2, 0) is 0 Å². The van der Waals surface area contributed by atoms with Gasteiger partial charge in [-0.05, 0) is 71.0 Å². The summed E-state index contributed by atoms with van der Waals surface area (Å²) in [6, 6.07) is 14.0. The van der Waals surface area contributed by atoms with E-state index >= 15 is 0 Å². The van der Waals surface area contributed by atoms with Crippen molar-refractivity contribution in [2.24, 2.45) is 0 Å². The van der Waals surface area contributed by atoms with Gasteiger partial charge in [0.2, 0.25) is 0 Å². The summed E-state index contributed by atoms with van der Waals surface area (Å²) in [5.74, 6) is -0.418. The van der Waals surface area contributed by atoms with Crippen LogP contribution in [0.25, 0.3) is 0 Å². The summed E-state index contributed by atoms with van der Waals surface area (Å²) >= 11 is 8.49. The summed E-state index contributed by atoms with van der Waals surface area (Å²) in [5, 5.41) is 8.54. The van der Waals surface area contributed by atoms with Crippen LogP contribution in [-0.4, -0.2) is 23.5 Å². The number of anilines is 1. The third-order valence-corrected chi connectivity index (χ3v) is 4.18. The molecule has 0 heterocycles. The Balaban J connectivity index is 1.93. The summed E-state index contributed by atoms with van der Waals surface area (Å²) in [7, 11) is 0. The molecule has 0 aliphatic rings.